The molecule has 0 radical (unpaired) electrons. The molecule has 3 aromatic heterocycles. The number of nitrogens with two attached hydrogens (primary N) is 3. The number of carbonyl (C=O) groups is 8. The number of ether oxygens (including phenoxy) is 1. The summed E-state index contributed by atoms with van der Waals surface area (Å²) in [7, 11) is -4.12. The number of benzene rings is 3. The van der Waals surface area contributed by atoms with E-state index in [4.69, 9.17) is 61.8 Å². The molecule has 0 bridgehead atoms. The molecule has 3 aromatic carbocycles. The van der Waals surface area contributed by atoms with E-state index in [1.54, 1.807) is 49.5 Å². The molecule has 6 aliphatic heterocycles. The van der Waals surface area contributed by atoms with Gasteiger partial charge in [-0.2, -0.15) is 50.1 Å². The number of hydrogen-bond donors (Lipinski definition) is 5. The van der Waals surface area contributed by atoms with Crippen LogP contribution in [0.3, 0.4) is 0 Å². The Labute approximate surface area is 647 Å². The summed E-state index contributed by atoms with van der Waals surface area (Å²) < 4.78 is 141. The third kappa shape index (κ3) is 22.4. The van der Waals surface area contributed by atoms with Crippen LogP contribution < -0.4 is 22.5 Å². The average molecular weight is 1650 g/mol. The van der Waals surface area contributed by atoms with Crippen LogP contribution in [-0.2, 0) is 77.5 Å². The van der Waals surface area contributed by atoms with E-state index >= 15 is 0 Å². The number of nitrogens with one attached hydrogen (secondary N) is 1. The molecule has 1 aliphatic carbocycles. The van der Waals surface area contributed by atoms with Crippen molar-refractivity contribution in [1.29, 1.82) is 0 Å². The van der Waals surface area contributed by atoms with Gasteiger partial charge in [0.1, 0.15) is 40.1 Å². The number of rotatable bonds is 15. The number of amides is 7. The Morgan fingerprint density at radius 1 is 0.550 bits per heavy atom. The zero-order chi connectivity index (χ0) is 80.1. The molecule has 7 aliphatic rings. The smallest absolute Gasteiger partial charge is 0.481 e. The van der Waals surface area contributed by atoms with Crippen LogP contribution in [0.2, 0.25) is 15.1 Å². The summed E-state index contributed by atoms with van der Waals surface area (Å²) in [4.78, 5) is 105. The second kappa shape index (κ2) is 36.6. The van der Waals surface area contributed by atoms with E-state index < -0.39 is 87.2 Å². The van der Waals surface area contributed by atoms with Crippen LogP contribution >= 0.6 is 34.8 Å². The van der Waals surface area contributed by atoms with Crippen LogP contribution in [0.15, 0.2) is 54.6 Å². The van der Waals surface area contributed by atoms with E-state index in [2.05, 4.69) is 29.7 Å². The molecule has 41 heteroatoms. The standard InChI is InChI=1S/C19H21ClFN5O2.C19H20ClFN4O2.C18H19ClFN5O2.C9H15NO4.C3H2F6O3S.2CH4/c1-24-8-11(9-24)6-16(27)25-4-5-26-15(10-25)17(19(22)28)18(23-26)12-2-3-14(21)13(20)7-12;20-13-9-12(4-5-14(13)21)18-17(19(22)27)15-10-24(6-7-25(15)23-18)16(26)8-11-2-1-3-11;19-12-6-11(1-2-13(12)20)17-16(18(21)27)14-9-24(3-4-25(14)23-17)15(26)5-10-7-22-8-10;1-9(2,3)14-8(13)10-4-6(5-10)7(11)12;4-2(5,6)1-12-13(10,11)3(7,8)9;;/h2-3,7,11H,4-6,8-10H2,1H3,(H2,22,28);4-5,9,11H,1-3,6-8,10H2,(H2,22,27);1-2,6,10,22H,3-5,7-9H2,(H2,21,27);6H,4-5H2,1-3H3,(H,11,12);1H2;2*1H4. The Hall–Kier alpha value is -9.08. The number of alkyl halides is 6. The van der Waals surface area contributed by atoms with Crippen molar-refractivity contribution in [2.75, 3.05) is 72.6 Å². The van der Waals surface area contributed by atoms with E-state index in [1.165, 1.54) is 65.9 Å². The lowest BCUT2D eigenvalue weighted by Crippen LogP contribution is -2.54. The summed E-state index contributed by atoms with van der Waals surface area (Å²) in [6.07, 6.45) is -0.592. The van der Waals surface area contributed by atoms with Gasteiger partial charge in [0.2, 0.25) is 17.7 Å². The molecule has 608 valence electrons. The van der Waals surface area contributed by atoms with Crippen LogP contribution in [0.25, 0.3) is 33.8 Å². The van der Waals surface area contributed by atoms with E-state index in [9.17, 15) is 86.3 Å². The predicted molar refractivity (Wildman–Crippen MR) is 388 cm³/mol. The van der Waals surface area contributed by atoms with Gasteiger partial charge in [0.15, 0.2) is 6.61 Å². The van der Waals surface area contributed by atoms with E-state index in [-0.39, 0.29) is 90.5 Å². The molecular formula is C70H85Cl3F9N15O13S. The molecule has 0 spiro atoms. The molecule has 28 nitrogen and oxygen atoms in total. The maximum Gasteiger partial charge on any atom is 0.523 e. The maximum atomic E-state index is 13.5. The minimum absolute atomic E-state index is 0. The fraction of sp³-hybridized carbons (Fsp3) is 0.500. The lowest BCUT2D eigenvalue weighted by molar-refractivity contribution is -0.156. The van der Waals surface area contributed by atoms with Gasteiger partial charge < -0.3 is 56.9 Å². The first-order valence-corrected chi connectivity index (χ1v) is 36.5. The van der Waals surface area contributed by atoms with E-state index in [1.807, 2.05) is 7.05 Å². The molecule has 6 aromatic rings. The summed E-state index contributed by atoms with van der Waals surface area (Å²) in [5, 5.41) is 25.1. The summed E-state index contributed by atoms with van der Waals surface area (Å²) in [6.45, 7) is 10.8. The van der Waals surface area contributed by atoms with Gasteiger partial charge in [-0.25, -0.2) is 18.0 Å². The third-order valence-corrected chi connectivity index (χ3v) is 20.3. The van der Waals surface area contributed by atoms with Crippen molar-refractivity contribution in [2.24, 2.45) is 40.9 Å². The van der Waals surface area contributed by atoms with Gasteiger partial charge in [-0.3, -0.25) is 51.8 Å². The zero-order valence-electron chi connectivity index (χ0n) is 59.0. The number of carboxylic acid groups (broad SMARTS) is 1. The second-order valence-corrected chi connectivity index (χ2v) is 30.7. The number of aromatic nitrogens is 6. The van der Waals surface area contributed by atoms with Crippen LogP contribution in [0.5, 0.6) is 0 Å². The minimum atomic E-state index is -6.15. The van der Waals surface area contributed by atoms with Crippen molar-refractivity contribution >= 4 is 92.4 Å². The number of fused-ring (bicyclic) bond motifs is 3. The molecule has 9 heterocycles. The largest absolute Gasteiger partial charge is 0.523 e. The molecule has 0 unspecified atom stereocenters. The highest BCUT2D eigenvalue weighted by atomic mass is 35.5. The van der Waals surface area contributed by atoms with E-state index in [0.29, 0.717) is 134 Å². The monoisotopic (exact) mass is 1650 g/mol. The fourth-order valence-electron chi connectivity index (χ4n) is 12.5. The Bertz CT molecular complexity index is 4430. The number of halogens is 12. The van der Waals surface area contributed by atoms with Crippen LogP contribution in [-0.4, -0.2) is 205 Å². The SMILES string of the molecule is C.C.CC(C)(C)OC(=O)N1CC(C(=O)O)C1.CN1CC(CC(=O)N2CCn3nc(-c4ccc(F)c(Cl)c4)c(C(N)=O)c3C2)C1.NC(=O)c1c(-c2ccc(F)c(Cl)c2)nn2c1CN(C(=O)CC1CCC1)CC2.NC(=O)c1c(-c2ccc(F)c(Cl)c2)nn2c1CN(C(=O)CC1CNC1)CC2.O=S(=O)(OCC(F)(F)F)C(F)(F)F. The highest BCUT2D eigenvalue weighted by Gasteiger charge is 2.49. The maximum absolute atomic E-state index is 13.5. The normalized spacial score (nSPS) is 16.4. The van der Waals surface area contributed by atoms with Crippen LogP contribution in [0, 0.1) is 41.1 Å². The summed E-state index contributed by atoms with van der Waals surface area (Å²) in [5.74, 6) is -3.33. The van der Waals surface area contributed by atoms with Gasteiger partial charge in [0.25, 0.3) is 17.7 Å². The molecule has 4 fully saturated rings. The van der Waals surface area contributed by atoms with Gasteiger partial charge in [0, 0.05) is 81.8 Å². The Kier molecular flexibility index (Phi) is 29.4. The van der Waals surface area contributed by atoms with Crippen molar-refractivity contribution in [1.82, 2.24) is 59.2 Å². The lowest BCUT2D eigenvalue weighted by atomic mass is 9.82. The molecule has 3 saturated heterocycles. The minimum Gasteiger partial charge on any atom is -0.481 e. The predicted octanol–water partition coefficient (Wildman–Crippen LogP) is 9.73. The summed E-state index contributed by atoms with van der Waals surface area (Å²) in [6, 6.07) is 12.5. The highest BCUT2D eigenvalue weighted by Crippen LogP contribution is 2.37. The molecule has 1 saturated carbocycles. The molecule has 7 amide bonds. The number of carboxylic acids is 1. The van der Waals surface area contributed by atoms with Gasteiger partial charge in [-0.1, -0.05) is 56.1 Å². The number of aliphatic carboxylic acids is 1. The average Bonchev–Trinajstić information content (AvgIpc) is 1.63. The number of hydrogen-bond acceptors (Lipinski definition) is 17. The quantitative estimate of drug-likeness (QED) is 0.0362. The second-order valence-electron chi connectivity index (χ2n) is 27.8. The first-order valence-electron chi connectivity index (χ1n) is 34.0. The summed E-state index contributed by atoms with van der Waals surface area (Å²) in [5.41, 5.74) is 15.7. The molecule has 13 rings (SSSR count). The number of primary amides is 3. The molecule has 8 N–H and O–H groups in total. The fourth-order valence-corrected chi connectivity index (χ4v) is 13.5. The lowest BCUT2D eigenvalue weighted by Gasteiger charge is -2.37. The third-order valence-electron chi connectivity index (χ3n) is 18.5. The Balaban J connectivity index is 0.000000198. The van der Waals surface area contributed by atoms with E-state index in [0.717, 1.165) is 39.0 Å². The van der Waals surface area contributed by atoms with Crippen molar-refractivity contribution < 1.29 is 100 Å². The van der Waals surface area contributed by atoms with Crippen LogP contribution in [0.1, 0.15) is 122 Å². The van der Waals surface area contributed by atoms with Crippen molar-refractivity contribution in [3.63, 3.8) is 0 Å². The first-order chi connectivity index (χ1) is 51.0. The molecule has 0 atom stereocenters. The van der Waals surface area contributed by atoms with Gasteiger partial charge in [-0.05, 0) is 126 Å². The van der Waals surface area contributed by atoms with Crippen molar-refractivity contribution in [2.45, 2.75) is 131 Å². The van der Waals surface area contributed by atoms with Gasteiger partial charge in [0.05, 0.1) is 94.0 Å². The molecular weight excluding hydrogens is 1570 g/mol. The van der Waals surface area contributed by atoms with Crippen LogP contribution in [0.4, 0.5) is 44.3 Å². The first kappa shape index (κ1) is 89.1. The topological polar surface area (TPSA) is 369 Å². The Morgan fingerprint density at radius 3 is 1.17 bits per heavy atom. The molecule has 111 heavy (non-hydrogen) atoms. The van der Waals surface area contributed by atoms with Gasteiger partial charge >= 0.3 is 33.9 Å². The highest BCUT2D eigenvalue weighted by molar-refractivity contribution is 7.87. The number of carbonyl (C=O) groups excluding carboxylic acids is 7. The number of likely N-dealkylation sites (tertiary alicyclic amines) is 2. The van der Waals surface area contributed by atoms with Crippen molar-refractivity contribution in [3.05, 3.63) is 121 Å². The van der Waals surface area contributed by atoms with Crippen molar-refractivity contribution in [3.8, 4) is 33.8 Å². The van der Waals surface area contributed by atoms with Gasteiger partial charge in [-0.15, -0.1) is 0 Å². The Morgan fingerprint density at radius 2 is 0.901 bits per heavy atom. The number of nitrogens with zero attached hydrogens (tertiary/aromatic N) is 11. The summed E-state index contributed by atoms with van der Waals surface area (Å²) >= 11 is 17.6. The zero-order valence-corrected chi connectivity index (χ0v) is 62.1.